The van der Waals surface area contributed by atoms with Gasteiger partial charge in [-0.3, -0.25) is 0 Å². The highest BCUT2D eigenvalue weighted by atomic mass is 16.5. The first kappa shape index (κ1) is 12.2. The SMILES string of the molecule is CCCCOC(=O)NC(C)(C)CN. The first-order valence-corrected chi connectivity index (χ1v) is 4.67. The molecule has 13 heavy (non-hydrogen) atoms. The number of nitrogens with one attached hydrogen (secondary N) is 1. The molecule has 0 aromatic rings. The zero-order valence-corrected chi connectivity index (χ0v) is 8.72. The van der Waals surface area contributed by atoms with Gasteiger partial charge in [0.2, 0.25) is 0 Å². The quantitative estimate of drug-likeness (QED) is 0.638. The van der Waals surface area contributed by atoms with Crippen LogP contribution < -0.4 is 11.1 Å². The Hall–Kier alpha value is -0.770. The summed E-state index contributed by atoms with van der Waals surface area (Å²) in [7, 11) is 0. The summed E-state index contributed by atoms with van der Waals surface area (Å²) >= 11 is 0. The number of carbonyl (C=O) groups is 1. The van der Waals surface area contributed by atoms with E-state index in [2.05, 4.69) is 5.32 Å². The van der Waals surface area contributed by atoms with Crippen molar-refractivity contribution in [2.24, 2.45) is 5.73 Å². The van der Waals surface area contributed by atoms with Crippen molar-refractivity contribution < 1.29 is 9.53 Å². The van der Waals surface area contributed by atoms with Crippen molar-refractivity contribution in [1.29, 1.82) is 0 Å². The topological polar surface area (TPSA) is 64.3 Å². The van der Waals surface area contributed by atoms with Crippen LogP contribution in [-0.4, -0.2) is 24.8 Å². The molecule has 0 atom stereocenters. The van der Waals surface area contributed by atoms with E-state index in [-0.39, 0.29) is 11.6 Å². The normalized spacial score (nSPS) is 11.1. The van der Waals surface area contributed by atoms with Crippen molar-refractivity contribution in [3.05, 3.63) is 0 Å². The number of rotatable bonds is 5. The van der Waals surface area contributed by atoms with Gasteiger partial charge in [-0.2, -0.15) is 0 Å². The standard InChI is InChI=1S/C9H20N2O2/c1-4-5-6-13-8(12)11-9(2,3)7-10/h4-7,10H2,1-3H3,(H,11,12). The van der Waals surface area contributed by atoms with Crippen LogP contribution in [0, 0.1) is 0 Å². The highest BCUT2D eigenvalue weighted by Crippen LogP contribution is 1.99. The second-order valence-electron chi connectivity index (χ2n) is 3.70. The van der Waals surface area contributed by atoms with Crippen molar-refractivity contribution in [3.8, 4) is 0 Å². The van der Waals surface area contributed by atoms with E-state index in [4.69, 9.17) is 10.5 Å². The van der Waals surface area contributed by atoms with Gasteiger partial charge >= 0.3 is 6.09 Å². The molecule has 4 heteroatoms. The summed E-state index contributed by atoms with van der Waals surface area (Å²) in [6.45, 7) is 6.63. The lowest BCUT2D eigenvalue weighted by Crippen LogP contribution is -2.49. The number of hydrogen-bond acceptors (Lipinski definition) is 3. The van der Waals surface area contributed by atoms with Gasteiger partial charge in [-0.1, -0.05) is 13.3 Å². The third kappa shape index (κ3) is 6.40. The molecule has 0 fully saturated rings. The summed E-state index contributed by atoms with van der Waals surface area (Å²) in [5.74, 6) is 0. The summed E-state index contributed by atoms with van der Waals surface area (Å²) in [6.07, 6.45) is 1.54. The monoisotopic (exact) mass is 188 g/mol. The second kappa shape index (κ2) is 5.80. The fourth-order valence-corrected chi connectivity index (χ4v) is 0.673. The number of amides is 1. The average molecular weight is 188 g/mol. The molecule has 0 aliphatic carbocycles. The minimum Gasteiger partial charge on any atom is -0.450 e. The number of alkyl carbamates (subject to hydrolysis) is 1. The summed E-state index contributed by atoms with van der Waals surface area (Å²) in [5, 5.41) is 2.68. The molecular weight excluding hydrogens is 168 g/mol. The Morgan fingerprint density at radius 3 is 2.62 bits per heavy atom. The molecular formula is C9H20N2O2. The van der Waals surface area contributed by atoms with E-state index in [1.54, 1.807) is 0 Å². The van der Waals surface area contributed by atoms with Crippen molar-refractivity contribution in [1.82, 2.24) is 5.32 Å². The van der Waals surface area contributed by atoms with Gasteiger partial charge in [-0.25, -0.2) is 4.79 Å². The third-order valence-electron chi connectivity index (χ3n) is 1.68. The van der Waals surface area contributed by atoms with E-state index in [0.29, 0.717) is 13.2 Å². The molecule has 0 spiro atoms. The first-order chi connectivity index (χ1) is 6.02. The Bertz CT molecular complexity index is 158. The minimum absolute atomic E-state index is 0.385. The van der Waals surface area contributed by atoms with Gasteiger partial charge in [0.15, 0.2) is 0 Å². The molecule has 1 amide bonds. The van der Waals surface area contributed by atoms with Crippen molar-refractivity contribution in [3.63, 3.8) is 0 Å². The Kier molecular flexibility index (Phi) is 5.46. The van der Waals surface area contributed by atoms with E-state index in [1.165, 1.54) is 0 Å². The molecule has 0 radical (unpaired) electrons. The van der Waals surface area contributed by atoms with Crippen LogP contribution in [0.25, 0.3) is 0 Å². The van der Waals surface area contributed by atoms with Gasteiger partial charge in [0.05, 0.1) is 6.61 Å². The Balaban J connectivity index is 3.62. The maximum atomic E-state index is 11.1. The van der Waals surface area contributed by atoms with Crippen LogP contribution in [0.3, 0.4) is 0 Å². The molecule has 0 saturated heterocycles. The van der Waals surface area contributed by atoms with Gasteiger partial charge < -0.3 is 15.8 Å². The number of nitrogens with two attached hydrogens (primary N) is 1. The predicted molar refractivity (Wildman–Crippen MR) is 52.5 cm³/mol. The molecule has 0 aromatic carbocycles. The van der Waals surface area contributed by atoms with Crippen molar-refractivity contribution in [2.45, 2.75) is 39.2 Å². The van der Waals surface area contributed by atoms with Crippen LogP contribution in [0.1, 0.15) is 33.6 Å². The molecule has 0 aliphatic heterocycles. The summed E-state index contributed by atoms with van der Waals surface area (Å²) in [5.41, 5.74) is 5.05. The van der Waals surface area contributed by atoms with Crippen LogP contribution in [0.2, 0.25) is 0 Å². The molecule has 0 bridgehead atoms. The summed E-state index contributed by atoms with van der Waals surface area (Å²) in [6, 6.07) is 0. The number of carbonyl (C=O) groups excluding carboxylic acids is 1. The first-order valence-electron chi connectivity index (χ1n) is 4.67. The van der Waals surface area contributed by atoms with Crippen LogP contribution >= 0.6 is 0 Å². The highest BCUT2D eigenvalue weighted by Gasteiger charge is 2.18. The molecule has 0 aliphatic rings. The van der Waals surface area contributed by atoms with E-state index in [0.717, 1.165) is 12.8 Å². The lowest BCUT2D eigenvalue weighted by molar-refractivity contribution is 0.135. The van der Waals surface area contributed by atoms with Gasteiger partial charge in [0.1, 0.15) is 0 Å². The lowest BCUT2D eigenvalue weighted by Gasteiger charge is -2.23. The average Bonchev–Trinajstić information content (AvgIpc) is 2.04. The van der Waals surface area contributed by atoms with Crippen LogP contribution in [0.15, 0.2) is 0 Å². The molecule has 3 N–H and O–H groups in total. The number of ether oxygens (including phenoxy) is 1. The largest absolute Gasteiger partial charge is 0.450 e. The molecule has 0 unspecified atom stereocenters. The molecule has 0 aromatic heterocycles. The highest BCUT2D eigenvalue weighted by molar-refractivity contribution is 5.68. The van der Waals surface area contributed by atoms with E-state index < -0.39 is 0 Å². The summed E-state index contributed by atoms with van der Waals surface area (Å²) < 4.78 is 4.91. The molecule has 0 rings (SSSR count). The molecule has 0 saturated carbocycles. The Morgan fingerprint density at radius 1 is 1.54 bits per heavy atom. The molecule has 78 valence electrons. The molecule has 0 heterocycles. The molecule has 4 nitrogen and oxygen atoms in total. The van der Waals surface area contributed by atoms with E-state index in [9.17, 15) is 4.79 Å². The number of unbranched alkanes of at least 4 members (excludes halogenated alkanes) is 1. The fourth-order valence-electron chi connectivity index (χ4n) is 0.673. The van der Waals surface area contributed by atoms with Gasteiger partial charge in [-0.15, -0.1) is 0 Å². The number of hydrogen-bond donors (Lipinski definition) is 2. The van der Waals surface area contributed by atoms with Crippen molar-refractivity contribution >= 4 is 6.09 Å². The predicted octanol–water partition coefficient (Wildman–Crippen LogP) is 1.25. The minimum atomic E-state index is -0.386. The van der Waals surface area contributed by atoms with Crippen LogP contribution in [-0.2, 0) is 4.74 Å². The van der Waals surface area contributed by atoms with E-state index >= 15 is 0 Å². The summed E-state index contributed by atoms with van der Waals surface area (Å²) in [4.78, 5) is 11.1. The van der Waals surface area contributed by atoms with Crippen LogP contribution in [0.5, 0.6) is 0 Å². The van der Waals surface area contributed by atoms with Gasteiger partial charge in [0, 0.05) is 12.1 Å². The Morgan fingerprint density at radius 2 is 2.15 bits per heavy atom. The zero-order chi connectivity index (χ0) is 10.3. The maximum absolute atomic E-state index is 11.1. The third-order valence-corrected chi connectivity index (χ3v) is 1.68. The lowest BCUT2D eigenvalue weighted by atomic mass is 10.1. The smallest absolute Gasteiger partial charge is 0.407 e. The van der Waals surface area contributed by atoms with Crippen LogP contribution in [0.4, 0.5) is 4.79 Å². The van der Waals surface area contributed by atoms with E-state index in [1.807, 2.05) is 20.8 Å². The maximum Gasteiger partial charge on any atom is 0.407 e. The Labute approximate surface area is 79.8 Å². The second-order valence-corrected chi connectivity index (χ2v) is 3.70. The van der Waals surface area contributed by atoms with Crippen molar-refractivity contribution in [2.75, 3.05) is 13.2 Å². The van der Waals surface area contributed by atoms with Gasteiger partial charge in [0.25, 0.3) is 0 Å². The van der Waals surface area contributed by atoms with Gasteiger partial charge in [-0.05, 0) is 20.3 Å². The fraction of sp³-hybridized carbons (Fsp3) is 0.889. The zero-order valence-electron chi connectivity index (χ0n) is 8.72.